The van der Waals surface area contributed by atoms with E-state index in [4.69, 9.17) is 0 Å². The number of carbonyl (C=O) groups excluding carboxylic acids is 1. The van der Waals surface area contributed by atoms with Crippen molar-refractivity contribution in [1.29, 1.82) is 0 Å². The van der Waals surface area contributed by atoms with Crippen molar-refractivity contribution in [2.45, 2.75) is 40.2 Å². The van der Waals surface area contributed by atoms with Crippen molar-refractivity contribution >= 4 is 11.6 Å². The average molecular weight is 375 g/mol. The van der Waals surface area contributed by atoms with E-state index in [-0.39, 0.29) is 18.0 Å². The minimum atomic E-state index is -0.241. The standard InChI is InChI=1S/C23H25N3O2/c1-4-17-13-9-10-16(3)22(17)25-20(27)15-26-21(28)14-19(5-2)24-23(26)18-11-7-6-8-12-18/h6-14H,4-5,15H2,1-3H3,(H,25,27). The number of nitrogens with zero attached hydrogens (tertiary/aromatic N) is 2. The molecular formula is C23H25N3O2. The third-order valence-corrected chi connectivity index (χ3v) is 4.76. The zero-order valence-corrected chi connectivity index (χ0v) is 16.5. The summed E-state index contributed by atoms with van der Waals surface area (Å²) in [6.07, 6.45) is 1.48. The van der Waals surface area contributed by atoms with Crippen molar-refractivity contribution in [3.8, 4) is 11.4 Å². The van der Waals surface area contributed by atoms with Crippen molar-refractivity contribution in [2.24, 2.45) is 0 Å². The number of benzene rings is 2. The molecule has 1 N–H and O–H groups in total. The zero-order chi connectivity index (χ0) is 20.1. The lowest BCUT2D eigenvalue weighted by Gasteiger charge is -2.16. The molecule has 5 nitrogen and oxygen atoms in total. The molecule has 0 bridgehead atoms. The highest BCUT2D eigenvalue weighted by Gasteiger charge is 2.15. The quantitative estimate of drug-likeness (QED) is 0.709. The van der Waals surface area contributed by atoms with Crippen LogP contribution in [0.1, 0.15) is 30.7 Å². The number of hydrogen-bond acceptors (Lipinski definition) is 3. The molecule has 0 aliphatic carbocycles. The highest BCUT2D eigenvalue weighted by Crippen LogP contribution is 2.21. The maximum atomic E-state index is 12.8. The van der Waals surface area contributed by atoms with E-state index >= 15 is 0 Å². The van der Waals surface area contributed by atoms with E-state index < -0.39 is 0 Å². The van der Waals surface area contributed by atoms with Gasteiger partial charge in [0.1, 0.15) is 12.4 Å². The molecule has 28 heavy (non-hydrogen) atoms. The highest BCUT2D eigenvalue weighted by molar-refractivity contribution is 5.92. The van der Waals surface area contributed by atoms with E-state index in [2.05, 4.69) is 17.2 Å². The molecular weight excluding hydrogens is 350 g/mol. The first kappa shape index (κ1) is 19.5. The molecule has 2 aromatic carbocycles. The predicted molar refractivity (Wildman–Crippen MR) is 112 cm³/mol. The molecule has 0 radical (unpaired) electrons. The Bertz CT molecular complexity index is 1040. The van der Waals surface area contributed by atoms with E-state index in [1.165, 1.54) is 10.6 Å². The van der Waals surface area contributed by atoms with Gasteiger partial charge >= 0.3 is 0 Å². The smallest absolute Gasteiger partial charge is 0.254 e. The summed E-state index contributed by atoms with van der Waals surface area (Å²) in [6, 6.07) is 16.9. The van der Waals surface area contributed by atoms with Gasteiger partial charge in [0, 0.05) is 23.0 Å². The van der Waals surface area contributed by atoms with Gasteiger partial charge in [0.25, 0.3) is 5.56 Å². The largest absolute Gasteiger partial charge is 0.324 e. The van der Waals surface area contributed by atoms with Gasteiger partial charge in [-0.1, -0.05) is 62.4 Å². The van der Waals surface area contributed by atoms with Gasteiger partial charge in [0.05, 0.1) is 0 Å². The van der Waals surface area contributed by atoms with Crippen LogP contribution in [-0.4, -0.2) is 15.5 Å². The summed E-state index contributed by atoms with van der Waals surface area (Å²) < 4.78 is 1.44. The van der Waals surface area contributed by atoms with Crippen LogP contribution in [0.5, 0.6) is 0 Å². The number of anilines is 1. The van der Waals surface area contributed by atoms with E-state index in [0.717, 1.165) is 28.8 Å². The Morgan fingerprint density at radius 1 is 1.04 bits per heavy atom. The second-order valence-electron chi connectivity index (χ2n) is 6.73. The monoisotopic (exact) mass is 375 g/mol. The Kier molecular flexibility index (Phi) is 6.04. The van der Waals surface area contributed by atoms with Gasteiger partial charge < -0.3 is 5.32 Å². The molecule has 1 aromatic heterocycles. The molecule has 0 saturated heterocycles. The summed E-state index contributed by atoms with van der Waals surface area (Å²) in [4.78, 5) is 30.1. The Labute approximate surface area is 165 Å². The van der Waals surface area contributed by atoms with Crippen LogP contribution >= 0.6 is 0 Å². The van der Waals surface area contributed by atoms with Gasteiger partial charge in [-0.3, -0.25) is 14.2 Å². The molecule has 0 spiro atoms. The van der Waals surface area contributed by atoms with E-state index in [1.54, 1.807) is 0 Å². The summed E-state index contributed by atoms with van der Waals surface area (Å²) in [5.74, 6) is 0.273. The normalized spacial score (nSPS) is 10.7. The lowest BCUT2D eigenvalue weighted by molar-refractivity contribution is -0.116. The first-order valence-electron chi connectivity index (χ1n) is 9.58. The Balaban J connectivity index is 1.96. The number of carbonyl (C=O) groups is 1. The number of amides is 1. The van der Waals surface area contributed by atoms with E-state index in [0.29, 0.717) is 17.9 Å². The Morgan fingerprint density at radius 3 is 2.46 bits per heavy atom. The number of hydrogen-bond donors (Lipinski definition) is 1. The predicted octanol–water partition coefficient (Wildman–Crippen LogP) is 3.98. The minimum Gasteiger partial charge on any atom is -0.324 e. The van der Waals surface area contributed by atoms with Gasteiger partial charge in [-0.15, -0.1) is 0 Å². The SMILES string of the molecule is CCc1cc(=O)n(CC(=O)Nc2c(C)cccc2CC)c(-c2ccccc2)n1. The second kappa shape index (κ2) is 8.65. The third kappa shape index (κ3) is 4.19. The summed E-state index contributed by atoms with van der Waals surface area (Å²) in [5.41, 5.74) is 4.20. The second-order valence-corrected chi connectivity index (χ2v) is 6.73. The van der Waals surface area contributed by atoms with Crippen LogP contribution < -0.4 is 10.9 Å². The number of aryl methyl sites for hydroxylation is 3. The number of nitrogens with one attached hydrogen (secondary N) is 1. The number of rotatable bonds is 6. The van der Waals surface area contributed by atoms with Crippen LogP contribution in [0.15, 0.2) is 59.4 Å². The van der Waals surface area contributed by atoms with Crippen molar-refractivity contribution < 1.29 is 4.79 Å². The topological polar surface area (TPSA) is 64.0 Å². The molecule has 3 rings (SSSR count). The maximum absolute atomic E-state index is 12.8. The van der Waals surface area contributed by atoms with Gasteiger partial charge in [0.2, 0.25) is 5.91 Å². The molecule has 144 valence electrons. The number of aromatic nitrogens is 2. The molecule has 0 aliphatic rings. The number of para-hydroxylation sites is 1. The zero-order valence-electron chi connectivity index (χ0n) is 16.5. The molecule has 0 fully saturated rings. The molecule has 1 amide bonds. The van der Waals surface area contributed by atoms with Gasteiger partial charge in [0.15, 0.2) is 0 Å². The van der Waals surface area contributed by atoms with Crippen LogP contribution in [-0.2, 0) is 24.2 Å². The first-order valence-corrected chi connectivity index (χ1v) is 9.58. The average Bonchev–Trinajstić information content (AvgIpc) is 2.71. The van der Waals surface area contributed by atoms with Gasteiger partial charge in [-0.25, -0.2) is 4.98 Å². The van der Waals surface area contributed by atoms with Crippen LogP contribution in [0.4, 0.5) is 5.69 Å². The summed E-state index contributed by atoms with van der Waals surface area (Å²) in [5, 5.41) is 2.99. The van der Waals surface area contributed by atoms with Crippen molar-refractivity contribution in [1.82, 2.24) is 9.55 Å². The minimum absolute atomic E-state index is 0.0858. The molecule has 1 heterocycles. The molecule has 0 aliphatic heterocycles. The van der Waals surface area contributed by atoms with Crippen LogP contribution in [0.25, 0.3) is 11.4 Å². The molecule has 0 saturated carbocycles. The fourth-order valence-electron chi connectivity index (χ4n) is 3.22. The van der Waals surface area contributed by atoms with E-state index in [9.17, 15) is 9.59 Å². The summed E-state index contributed by atoms with van der Waals surface area (Å²) in [6.45, 7) is 5.89. The lowest BCUT2D eigenvalue weighted by Crippen LogP contribution is -2.30. The Hall–Kier alpha value is -3.21. The van der Waals surface area contributed by atoms with Gasteiger partial charge in [-0.05, 0) is 30.9 Å². The maximum Gasteiger partial charge on any atom is 0.254 e. The van der Waals surface area contributed by atoms with Crippen LogP contribution in [0.2, 0.25) is 0 Å². The van der Waals surface area contributed by atoms with Crippen molar-refractivity contribution in [3.63, 3.8) is 0 Å². The van der Waals surface area contributed by atoms with E-state index in [1.807, 2.05) is 62.4 Å². The molecule has 5 heteroatoms. The Morgan fingerprint density at radius 2 is 1.79 bits per heavy atom. The fraction of sp³-hybridized carbons (Fsp3) is 0.261. The van der Waals surface area contributed by atoms with Crippen molar-refractivity contribution in [2.75, 3.05) is 5.32 Å². The lowest BCUT2D eigenvalue weighted by atomic mass is 10.1. The molecule has 0 atom stereocenters. The summed E-state index contributed by atoms with van der Waals surface area (Å²) >= 11 is 0. The first-order chi connectivity index (χ1) is 13.5. The molecule has 0 unspecified atom stereocenters. The summed E-state index contributed by atoms with van der Waals surface area (Å²) in [7, 11) is 0. The highest BCUT2D eigenvalue weighted by atomic mass is 16.2. The van der Waals surface area contributed by atoms with Crippen molar-refractivity contribution in [3.05, 3.63) is 81.8 Å². The fourth-order valence-corrected chi connectivity index (χ4v) is 3.22. The molecule has 3 aromatic rings. The van der Waals surface area contributed by atoms with Crippen LogP contribution in [0, 0.1) is 6.92 Å². The third-order valence-electron chi connectivity index (χ3n) is 4.76. The van der Waals surface area contributed by atoms with Gasteiger partial charge in [-0.2, -0.15) is 0 Å². The van der Waals surface area contributed by atoms with Crippen LogP contribution in [0.3, 0.4) is 0 Å².